The molecular weight excluding hydrogens is 364 g/mol. The number of aryl methyl sites for hydroxylation is 1. The molecule has 6 heteroatoms. The van der Waals surface area contributed by atoms with Crippen molar-refractivity contribution in [1.82, 2.24) is 9.88 Å². The third-order valence-electron chi connectivity index (χ3n) is 4.23. The Morgan fingerprint density at radius 3 is 2.63 bits per heavy atom. The molecule has 0 radical (unpaired) electrons. The van der Waals surface area contributed by atoms with Crippen molar-refractivity contribution < 1.29 is 9.53 Å². The largest absolute Gasteiger partial charge is 0.497 e. The number of hydrogen-bond acceptors (Lipinski definition) is 3. The number of ether oxygens (including phenoxy) is 1. The van der Waals surface area contributed by atoms with E-state index in [4.69, 9.17) is 16.3 Å². The highest BCUT2D eigenvalue weighted by Crippen LogP contribution is 2.17. The van der Waals surface area contributed by atoms with Gasteiger partial charge in [0.1, 0.15) is 11.3 Å². The molecule has 5 nitrogen and oxygen atoms in total. The van der Waals surface area contributed by atoms with Crippen LogP contribution < -0.4 is 15.6 Å². The van der Waals surface area contributed by atoms with Gasteiger partial charge in [-0.3, -0.25) is 14.2 Å². The van der Waals surface area contributed by atoms with Gasteiger partial charge in [-0.1, -0.05) is 35.9 Å². The second kappa shape index (κ2) is 8.10. The molecule has 0 saturated carbocycles. The molecule has 3 rings (SSSR count). The van der Waals surface area contributed by atoms with Crippen LogP contribution in [0.3, 0.4) is 0 Å². The van der Waals surface area contributed by atoms with Gasteiger partial charge in [0, 0.05) is 23.3 Å². The van der Waals surface area contributed by atoms with Crippen LogP contribution in [0.1, 0.15) is 21.6 Å². The Kier molecular flexibility index (Phi) is 5.62. The van der Waals surface area contributed by atoms with Crippen LogP contribution in [-0.2, 0) is 6.54 Å². The lowest BCUT2D eigenvalue weighted by Crippen LogP contribution is -2.33. The lowest BCUT2D eigenvalue weighted by atomic mass is 10.2. The summed E-state index contributed by atoms with van der Waals surface area (Å²) in [6.45, 7) is 2.05. The van der Waals surface area contributed by atoms with Crippen molar-refractivity contribution in [2.75, 3.05) is 7.11 Å². The number of nitrogens with zero attached hydrogens (tertiary/aromatic N) is 1. The van der Waals surface area contributed by atoms with E-state index in [1.807, 2.05) is 25.1 Å². The first kappa shape index (κ1) is 18.7. The first-order chi connectivity index (χ1) is 13.0. The van der Waals surface area contributed by atoms with E-state index >= 15 is 0 Å². The Hall–Kier alpha value is -3.05. The van der Waals surface area contributed by atoms with Crippen LogP contribution in [0.25, 0.3) is 5.69 Å². The number of pyridine rings is 1. The van der Waals surface area contributed by atoms with Crippen LogP contribution in [0.5, 0.6) is 5.75 Å². The van der Waals surface area contributed by atoms with Gasteiger partial charge in [0.2, 0.25) is 0 Å². The van der Waals surface area contributed by atoms with E-state index in [9.17, 15) is 9.59 Å². The summed E-state index contributed by atoms with van der Waals surface area (Å²) in [4.78, 5) is 25.5. The van der Waals surface area contributed by atoms with Crippen molar-refractivity contribution in [2.24, 2.45) is 0 Å². The third kappa shape index (κ3) is 4.04. The van der Waals surface area contributed by atoms with Crippen molar-refractivity contribution in [3.05, 3.63) is 92.9 Å². The van der Waals surface area contributed by atoms with Crippen molar-refractivity contribution in [3.8, 4) is 11.4 Å². The lowest BCUT2D eigenvalue weighted by molar-refractivity contribution is 0.0949. The average molecular weight is 383 g/mol. The van der Waals surface area contributed by atoms with Crippen LogP contribution in [0.2, 0.25) is 5.02 Å². The number of hydrogen-bond donors (Lipinski definition) is 1. The number of carbonyl (C=O) groups is 1. The summed E-state index contributed by atoms with van der Waals surface area (Å²) < 4.78 is 6.72. The summed E-state index contributed by atoms with van der Waals surface area (Å²) in [6.07, 6.45) is 0. The van der Waals surface area contributed by atoms with Crippen LogP contribution in [0.4, 0.5) is 0 Å². The summed E-state index contributed by atoms with van der Waals surface area (Å²) >= 11 is 6.11. The van der Waals surface area contributed by atoms with E-state index in [-0.39, 0.29) is 17.7 Å². The minimum Gasteiger partial charge on any atom is -0.497 e. The normalized spacial score (nSPS) is 10.5. The SMILES string of the molecule is COc1cccc(-n2c(C)ccc(C(=O)NCc3ccccc3Cl)c2=O)c1. The minimum absolute atomic E-state index is 0.0653. The molecule has 0 fully saturated rings. The molecule has 0 aliphatic heterocycles. The van der Waals surface area contributed by atoms with Gasteiger partial charge in [-0.05, 0) is 42.8 Å². The minimum atomic E-state index is -0.448. The fourth-order valence-corrected chi connectivity index (χ4v) is 2.99. The van der Waals surface area contributed by atoms with E-state index in [0.29, 0.717) is 16.5 Å². The number of benzene rings is 2. The molecule has 0 atom stereocenters. The predicted molar refractivity (Wildman–Crippen MR) is 106 cm³/mol. The number of methoxy groups -OCH3 is 1. The second-order valence-corrected chi connectivity index (χ2v) is 6.41. The van der Waals surface area contributed by atoms with Gasteiger partial charge in [-0.2, -0.15) is 0 Å². The zero-order valence-corrected chi connectivity index (χ0v) is 15.8. The molecule has 0 aliphatic carbocycles. The number of carbonyl (C=O) groups excluding carboxylic acids is 1. The maximum absolute atomic E-state index is 12.9. The topological polar surface area (TPSA) is 60.3 Å². The van der Waals surface area contributed by atoms with Crippen molar-refractivity contribution in [1.29, 1.82) is 0 Å². The number of halogens is 1. The van der Waals surface area contributed by atoms with Gasteiger partial charge < -0.3 is 10.1 Å². The summed E-state index contributed by atoms with van der Waals surface area (Å²) in [5, 5.41) is 3.32. The third-order valence-corrected chi connectivity index (χ3v) is 4.60. The molecule has 3 aromatic rings. The van der Waals surface area contributed by atoms with Crippen molar-refractivity contribution in [3.63, 3.8) is 0 Å². The van der Waals surface area contributed by atoms with Crippen molar-refractivity contribution >= 4 is 17.5 Å². The summed E-state index contributed by atoms with van der Waals surface area (Å²) in [5.74, 6) is 0.184. The standard InChI is InChI=1S/C21H19ClN2O3/c1-14-10-11-18(20(25)23-13-15-6-3-4-9-19(15)22)21(26)24(14)16-7-5-8-17(12-16)27-2/h3-12H,13H2,1-2H3,(H,23,25). The quantitative estimate of drug-likeness (QED) is 0.731. The predicted octanol–water partition coefficient (Wildman–Crippen LogP) is 3.74. The van der Waals surface area contributed by atoms with E-state index < -0.39 is 5.91 Å². The zero-order valence-electron chi connectivity index (χ0n) is 15.0. The average Bonchev–Trinajstić information content (AvgIpc) is 2.67. The Labute approximate surface area is 162 Å². The summed E-state index contributed by atoms with van der Waals surface area (Å²) in [5.41, 5.74) is 1.82. The first-order valence-corrected chi connectivity index (χ1v) is 8.77. The van der Waals surface area contributed by atoms with Crippen LogP contribution in [0, 0.1) is 6.92 Å². The smallest absolute Gasteiger partial charge is 0.268 e. The van der Waals surface area contributed by atoms with E-state index in [1.54, 1.807) is 43.5 Å². The molecule has 0 bridgehead atoms. The molecule has 27 heavy (non-hydrogen) atoms. The molecule has 1 aromatic heterocycles. The number of nitrogens with one attached hydrogen (secondary N) is 1. The second-order valence-electron chi connectivity index (χ2n) is 6.00. The molecule has 0 unspecified atom stereocenters. The first-order valence-electron chi connectivity index (χ1n) is 8.40. The summed E-state index contributed by atoms with van der Waals surface area (Å²) in [7, 11) is 1.56. The number of amides is 1. The maximum Gasteiger partial charge on any atom is 0.268 e. The lowest BCUT2D eigenvalue weighted by Gasteiger charge is -2.13. The maximum atomic E-state index is 12.9. The highest BCUT2D eigenvalue weighted by Gasteiger charge is 2.15. The van der Waals surface area contributed by atoms with E-state index in [2.05, 4.69) is 5.32 Å². The van der Waals surface area contributed by atoms with Gasteiger partial charge in [0.05, 0.1) is 12.8 Å². The molecule has 0 spiro atoms. The highest BCUT2D eigenvalue weighted by atomic mass is 35.5. The molecule has 0 aliphatic rings. The Morgan fingerprint density at radius 2 is 1.89 bits per heavy atom. The molecule has 0 saturated heterocycles. The molecule has 138 valence electrons. The van der Waals surface area contributed by atoms with Gasteiger partial charge in [-0.25, -0.2) is 0 Å². The fourth-order valence-electron chi connectivity index (χ4n) is 2.79. The van der Waals surface area contributed by atoms with Crippen LogP contribution in [0.15, 0.2) is 65.5 Å². The van der Waals surface area contributed by atoms with Gasteiger partial charge in [0.15, 0.2) is 0 Å². The zero-order chi connectivity index (χ0) is 19.4. The summed E-state index contributed by atoms with van der Waals surface area (Å²) in [6, 6.07) is 17.7. The number of rotatable bonds is 5. The number of aromatic nitrogens is 1. The van der Waals surface area contributed by atoms with Crippen molar-refractivity contribution in [2.45, 2.75) is 13.5 Å². The fraction of sp³-hybridized carbons (Fsp3) is 0.143. The molecule has 1 heterocycles. The van der Waals surface area contributed by atoms with Crippen LogP contribution in [-0.4, -0.2) is 17.6 Å². The van der Waals surface area contributed by atoms with E-state index in [1.165, 1.54) is 10.6 Å². The molecule has 1 amide bonds. The van der Waals surface area contributed by atoms with Gasteiger partial charge in [-0.15, -0.1) is 0 Å². The molecular formula is C21H19ClN2O3. The monoisotopic (exact) mass is 382 g/mol. The molecule has 2 aromatic carbocycles. The Bertz CT molecular complexity index is 1040. The Morgan fingerprint density at radius 1 is 1.11 bits per heavy atom. The highest BCUT2D eigenvalue weighted by molar-refractivity contribution is 6.31. The molecule has 1 N–H and O–H groups in total. The van der Waals surface area contributed by atoms with Gasteiger partial charge in [0.25, 0.3) is 11.5 Å². The van der Waals surface area contributed by atoms with E-state index in [0.717, 1.165) is 11.3 Å². The van der Waals surface area contributed by atoms with Gasteiger partial charge >= 0.3 is 0 Å². The Balaban J connectivity index is 1.91. The van der Waals surface area contributed by atoms with Crippen LogP contribution >= 0.6 is 11.6 Å².